The first kappa shape index (κ1) is 22.7. The highest BCUT2D eigenvalue weighted by atomic mass is 32.2. The molecule has 1 saturated heterocycles. The number of nitriles is 1. The molecule has 1 N–H and O–H groups in total. The van der Waals surface area contributed by atoms with E-state index < -0.39 is 10.8 Å². The van der Waals surface area contributed by atoms with Gasteiger partial charge in [0.05, 0.1) is 16.6 Å². The number of nitrogens with one attached hydrogen (secondary N) is 1. The standard InChI is InChI=1S/C22H20N6O3S2/c23-13-15-4-6-16(7-5-15)14-32-22-26-25-21(33-22)24-20(29)17-8-9-18(19(12-17)28(30)31)27-10-2-1-3-11-27/h4-9,12H,1-3,10-11,14H2,(H,24,25,29). The zero-order valence-corrected chi connectivity index (χ0v) is 19.2. The van der Waals surface area contributed by atoms with Crippen molar-refractivity contribution < 1.29 is 9.72 Å². The Bertz CT molecular complexity index is 1200. The number of thioether (sulfide) groups is 1. The van der Waals surface area contributed by atoms with E-state index in [1.807, 2.05) is 17.0 Å². The first-order valence-electron chi connectivity index (χ1n) is 10.3. The van der Waals surface area contributed by atoms with Gasteiger partial charge in [-0.15, -0.1) is 10.2 Å². The molecule has 3 aromatic rings. The van der Waals surface area contributed by atoms with Crippen LogP contribution in [0, 0.1) is 21.4 Å². The van der Waals surface area contributed by atoms with Crippen LogP contribution in [-0.2, 0) is 5.75 Å². The normalized spacial score (nSPS) is 13.4. The van der Waals surface area contributed by atoms with Crippen molar-refractivity contribution in [2.24, 2.45) is 0 Å². The largest absolute Gasteiger partial charge is 0.366 e. The minimum Gasteiger partial charge on any atom is -0.366 e. The van der Waals surface area contributed by atoms with Crippen LogP contribution < -0.4 is 10.2 Å². The Hall–Kier alpha value is -3.49. The number of hydrogen-bond acceptors (Lipinski definition) is 9. The van der Waals surface area contributed by atoms with Crippen LogP contribution in [-0.4, -0.2) is 34.1 Å². The predicted octanol–water partition coefficient (Wildman–Crippen LogP) is 4.85. The number of benzene rings is 2. The number of carbonyl (C=O) groups is 1. The summed E-state index contributed by atoms with van der Waals surface area (Å²) < 4.78 is 0.682. The highest BCUT2D eigenvalue weighted by Gasteiger charge is 2.23. The van der Waals surface area contributed by atoms with Crippen LogP contribution in [0.25, 0.3) is 0 Å². The number of aromatic nitrogens is 2. The van der Waals surface area contributed by atoms with Gasteiger partial charge < -0.3 is 4.90 Å². The molecule has 0 spiro atoms. The van der Waals surface area contributed by atoms with Crippen LogP contribution in [0.4, 0.5) is 16.5 Å². The van der Waals surface area contributed by atoms with Crippen molar-refractivity contribution >= 4 is 45.5 Å². The summed E-state index contributed by atoms with van der Waals surface area (Å²) in [4.78, 5) is 25.9. The molecule has 9 nitrogen and oxygen atoms in total. The highest BCUT2D eigenvalue weighted by Crippen LogP contribution is 2.32. The Morgan fingerprint density at radius 3 is 2.64 bits per heavy atom. The third-order valence-corrected chi connectivity index (χ3v) is 7.25. The molecule has 0 saturated carbocycles. The lowest BCUT2D eigenvalue weighted by atomic mass is 10.1. The van der Waals surface area contributed by atoms with Crippen molar-refractivity contribution in [3.8, 4) is 6.07 Å². The first-order chi connectivity index (χ1) is 16.0. The second-order valence-corrected chi connectivity index (χ2v) is 9.63. The summed E-state index contributed by atoms with van der Waals surface area (Å²) in [6.45, 7) is 1.56. The second kappa shape index (κ2) is 10.4. The number of amides is 1. The predicted molar refractivity (Wildman–Crippen MR) is 128 cm³/mol. The van der Waals surface area contributed by atoms with E-state index in [-0.39, 0.29) is 11.3 Å². The van der Waals surface area contributed by atoms with Gasteiger partial charge in [0.15, 0.2) is 4.34 Å². The van der Waals surface area contributed by atoms with Crippen molar-refractivity contribution in [1.29, 1.82) is 5.26 Å². The second-order valence-electron chi connectivity index (χ2n) is 7.43. The maximum atomic E-state index is 12.7. The summed E-state index contributed by atoms with van der Waals surface area (Å²) in [5, 5.41) is 31.6. The quantitative estimate of drug-likeness (QED) is 0.220. The Morgan fingerprint density at radius 1 is 1.18 bits per heavy atom. The van der Waals surface area contributed by atoms with Crippen LogP contribution in [0.1, 0.15) is 40.7 Å². The van der Waals surface area contributed by atoms with Gasteiger partial charge >= 0.3 is 0 Å². The monoisotopic (exact) mass is 480 g/mol. The molecule has 4 rings (SSSR count). The zero-order valence-electron chi connectivity index (χ0n) is 17.6. The summed E-state index contributed by atoms with van der Waals surface area (Å²) in [6.07, 6.45) is 3.13. The molecular weight excluding hydrogens is 460 g/mol. The first-order valence-corrected chi connectivity index (χ1v) is 12.1. The average molecular weight is 481 g/mol. The molecule has 1 amide bonds. The molecule has 0 atom stereocenters. The molecule has 1 aliphatic rings. The van der Waals surface area contributed by atoms with Crippen molar-refractivity contribution in [2.75, 3.05) is 23.3 Å². The van der Waals surface area contributed by atoms with Gasteiger partial charge in [0, 0.05) is 30.5 Å². The van der Waals surface area contributed by atoms with Crippen LogP contribution >= 0.6 is 23.1 Å². The molecule has 1 aliphatic heterocycles. The topological polar surface area (TPSA) is 125 Å². The van der Waals surface area contributed by atoms with Gasteiger partial charge in [0.25, 0.3) is 11.6 Å². The van der Waals surface area contributed by atoms with Crippen LogP contribution in [0.3, 0.4) is 0 Å². The lowest BCUT2D eigenvalue weighted by molar-refractivity contribution is -0.384. The lowest BCUT2D eigenvalue weighted by Crippen LogP contribution is -2.30. The highest BCUT2D eigenvalue weighted by molar-refractivity contribution is 8.00. The fraction of sp³-hybridized carbons (Fsp3) is 0.273. The summed E-state index contributed by atoms with van der Waals surface area (Å²) in [5.41, 5.74) is 2.33. The SMILES string of the molecule is N#Cc1ccc(CSc2nnc(NC(=O)c3ccc(N4CCCCC4)c([N+](=O)[O-])c3)s2)cc1. The van der Waals surface area contributed by atoms with Crippen LogP contribution in [0.2, 0.25) is 0 Å². The number of anilines is 2. The number of rotatable bonds is 7. The Kier molecular flexibility index (Phi) is 7.16. The summed E-state index contributed by atoms with van der Waals surface area (Å²) in [6, 6.07) is 14.0. The van der Waals surface area contributed by atoms with E-state index in [9.17, 15) is 14.9 Å². The van der Waals surface area contributed by atoms with Gasteiger partial charge in [0.2, 0.25) is 5.13 Å². The van der Waals surface area contributed by atoms with Crippen molar-refractivity contribution in [3.63, 3.8) is 0 Å². The van der Waals surface area contributed by atoms with Gasteiger partial charge in [-0.25, -0.2) is 0 Å². The molecular formula is C22H20N6O3S2. The van der Waals surface area contributed by atoms with Crippen LogP contribution in [0.15, 0.2) is 46.8 Å². The number of nitro benzene ring substituents is 1. The molecule has 0 radical (unpaired) electrons. The zero-order chi connectivity index (χ0) is 23.2. The van der Waals surface area contributed by atoms with Crippen molar-refractivity contribution in [3.05, 3.63) is 69.3 Å². The van der Waals surface area contributed by atoms with E-state index in [1.54, 1.807) is 24.3 Å². The minimum absolute atomic E-state index is 0.0690. The Balaban J connectivity index is 1.40. The molecule has 0 unspecified atom stereocenters. The average Bonchev–Trinajstić information content (AvgIpc) is 3.30. The molecule has 33 heavy (non-hydrogen) atoms. The van der Waals surface area contributed by atoms with E-state index in [1.165, 1.54) is 29.2 Å². The van der Waals surface area contributed by atoms with Gasteiger partial charge in [-0.3, -0.25) is 20.2 Å². The van der Waals surface area contributed by atoms with E-state index in [0.29, 0.717) is 26.5 Å². The van der Waals surface area contributed by atoms with Crippen molar-refractivity contribution in [1.82, 2.24) is 10.2 Å². The fourth-order valence-electron chi connectivity index (χ4n) is 3.52. The summed E-state index contributed by atoms with van der Waals surface area (Å²) in [5.74, 6) is 0.182. The maximum Gasteiger partial charge on any atom is 0.293 e. The summed E-state index contributed by atoms with van der Waals surface area (Å²) >= 11 is 2.70. The molecule has 1 fully saturated rings. The lowest BCUT2D eigenvalue weighted by Gasteiger charge is -2.28. The molecule has 11 heteroatoms. The third kappa shape index (κ3) is 5.66. The Labute approximate surface area is 198 Å². The smallest absolute Gasteiger partial charge is 0.293 e. The molecule has 2 aromatic carbocycles. The number of nitrogens with zero attached hydrogens (tertiary/aromatic N) is 5. The van der Waals surface area contributed by atoms with E-state index in [4.69, 9.17) is 5.26 Å². The summed E-state index contributed by atoms with van der Waals surface area (Å²) in [7, 11) is 0. The van der Waals surface area contributed by atoms with Gasteiger partial charge in [-0.1, -0.05) is 35.2 Å². The van der Waals surface area contributed by atoms with Crippen molar-refractivity contribution in [2.45, 2.75) is 29.4 Å². The minimum atomic E-state index is -0.469. The van der Waals surface area contributed by atoms with Crippen LogP contribution in [0.5, 0.6) is 0 Å². The van der Waals surface area contributed by atoms with E-state index in [0.717, 1.165) is 37.9 Å². The van der Waals surface area contributed by atoms with E-state index >= 15 is 0 Å². The van der Waals surface area contributed by atoms with Gasteiger partial charge in [-0.05, 0) is 49.1 Å². The molecule has 168 valence electrons. The molecule has 1 aromatic heterocycles. The number of hydrogen-bond donors (Lipinski definition) is 1. The van der Waals surface area contributed by atoms with Gasteiger partial charge in [0.1, 0.15) is 5.69 Å². The number of piperidine rings is 1. The fourth-order valence-corrected chi connectivity index (χ4v) is 5.22. The molecule has 2 heterocycles. The Morgan fingerprint density at radius 2 is 1.94 bits per heavy atom. The number of nitro groups is 1. The van der Waals surface area contributed by atoms with E-state index in [2.05, 4.69) is 21.6 Å². The van der Waals surface area contributed by atoms with Gasteiger partial charge in [-0.2, -0.15) is 5.26 Å². The molecule has 0 aliphatic carbocycles. The molecule has 0 bridgehead atoms. The maximum absolute atomic E-state index is 12.7. The third-order valence-electron chi connectivity index (χ3n) is 5.20. The number of carbonyl (C=O) groups excluding carboxylic acids is 1.